The molecule has 3 aromatic carbocycles. The van der Waals surface area contributed by atoms with E-state index in [0.29, 0.717) is 17.7 Å². The summed E-state index contributed by atoms with van der Waals surface area (Å²) in [6.07, 6.45) is 1.05. The third-order valence-electron chi connectivity index (χ3n) is 6.48. The summed E-state index contributed by atoms with van der Waals surface area (Å²) in [6.45, 7) is 7.50. The van der Waals surface area contributed by atoms with Crippen molar-refractivity contribution in [3.63, 3.8) is 0 Å². The molecule has 5 nitrogen and oxygen atoms in total. The average Bonchev–Trinajstić information content (AvgIpc) is 2.88. The van der Waals surface area contributed by atoms with E-state index in [1.54, 1.807) is 18.2 Å². The molecule has 0 spiro atoms. The predicted octanol–water partition coefficient (Wildman–Crippen LogP) is 5.38. The molecule has 0 radical (unpaired) electrons. The summed E-state index contributed by atoms with van der Waals surface area (Å²) in [5, 5.41) is 3.01. The second-order valence-electron chi connectivity index (χ2n) is 9.12. The van der Waals surface area contributed by atoms with Crippen LogP contribution in [0.1, 0.15) is 42.5 Å². The molecule has 0 aromatic heterocycles. The summed E-state index contributed by atoms with van der Waals surface area (Å²) in [4.78, 5) is 28.5. The molecule has 0 unspecified atom stereocenters. The van der Waals surface area contributed by atoms with Gasteiger partial charge in [0.15, 0.2) is 6.61 Å². The van der Waals surface area contributed by atoms with Crippen LogP contribution in [0.3, 0.4) is 0 Å². The average molecular weight is 491 g/mol. The first kappa shape index (κ1) is 26.9. The fourth-order valence-electron chi connectivity index (χ4n) is 3.91. The van der Waals surface area contributed by atoms with Crippen LogP contribution in [0.5, 0.6) is 5.75 Å². The van der Waals surface area contributed by atoms with Gasteiger partial charge < -0.3 is 15.0 Å². The van der Waals surface area contributed by atoms with Crippen molar-refractivity contribution in [2.75, 3.05) is 6.61 Å². The first-order chi connectivity index (χ1) is 17.3. The number of ether oxygens (including phenoxy) is 1. The Morgan fingerprint density at radius 1 is 0.972 bits per heavy atom. The summed E-state index contributed by atoms with van der Waals surface area (Å²) < 4.78 is 20.5. The van der Waals surface area contributed by atoms with Crippen molar-refractivity contribution in [2.24, 2.45) is 0 Å². The van der Waals surface area contributed by atoms with Crippen LogP contribution in [-0.2, 0) is 22.6 Å². The SMILES string of the molecule is CC[C@H](C)NC(=O)[C@@H](Cc1ccccc1)N(Cc1ccccc1F)C(=O)COc1cccc(C)c1C. The Balaban J connectivity index is 1.94. The summed E-state index contributed by atoms with van der Waals surface area (Å²) in [6, 6.07) is 20.6. The molecule has 2 amide bonds. The van der Waals surface area contributed by atoms with Crippen molar-refractivity contribution in [2.45, 2.75) is 59.2 Å². The lowest BCUT2D eigenvalue weighted by atomic mass is 10.0. The maximum absolute atomic E-state index is 14.6. The van der Waals surface area contributed by atoms with E-state index in [4.69, 9.17) is 4.74 Å². The third-order valence-corrected chi connectivity index (χ3v) is 6.48. The van der Waals surface area contributed by atoms with Crippen LogP contribution in [0, 0.1) is 19.7 Å². The van der Waals surface area contributed by atoms with Crippen LogP contribution in [0.2, 0.25) is 0 Å². The predicted molar refractivity (Wildman–Crippen MR) is 140 cm³/mol. The normalized spacial score (nSPS) is 12.5. The highest BCUT2D eigenvalue weighted by molar-refractivity contribution is 5.88. The summed E-state index contributed by atoms with van der Waals surface area (Å²) >= 11 is 0. The van der Waals surface area contributed by atoms with Gasteiger partial charge in [0.2, 0.25) is 5.91 Å². The molecule has 0 fully saturated rings. The van der Waals surface area contributed by atoms with Crippen LogP contribution < -0.4 is 10.1 Å². The summed E-state index contributed by atoms with van der Waals surface area (Å²) in [5.74, 6) is -0.478. The van der Waals surface area contributed by atoms with E-state index in [-0.39, 0.29) is 31.0 Å². The number of aryl methyl sites for hydroxylation is 1. The van der Waals surface area contributed by atoms with Gasteiger partial charge in [0.05, 0.1) is 0 Å². The molecule has 2 atom stereocenters. The van der Waals surface area contributed by atoms with Gasteiger partial charge in [-0.15, -0.1) is 0 Å². The molecule has 0 aliphatic rings. The highest BCUT2D eigenvalue weighted by Gasteiger charge is 2.31. The Morgan fingerprint density at radius 3 is 2.36 bits per heavy atom. The maximum Gasteiger partial charge on any atom is 0.261 e. The number of nitrogens with zero attached hydrogens (tertiary/aromatic N) is 1. The van der Waals surface area contributed by atoms with E-state index in [9.17, 15) is 14.0 Å². The van der Waals surface area contributed by atoms with Gasteiger partial charge in [-0.3, -0.25) is 9.59 Å². The molecule has 3 rings (SSSR count). The van der Waals surface area contributed by atoms with Crippen molar-refractivity contribution >= 4 is 11.8 Å². The fraction of sp³-hybridized carbons (Fsp3) is 0.333. The van der Waals surface area contributed by atoms with Crippen molar-refractivity contribution in [3.05, 3.63) is 101 Å². The third kappa shape index (κ3) is 7.17. The van der Waals surface area contributed by atoms with Crippen LogP contribution in [0.4, 0.5) is 4.39 Å². The quantitative estimate of drug-likeness (QED) is 0.393. The number of amides is 2. The minimum Gasteiger partial charge on any atom is -0.483 e. The Bertz CT molecular complexity index is 1170. The Labute approximate surface area is 213 Å². The van der Waals surface area contributed by atoms with Crippen molar-refractivity contribution < 1.29 is 18.7 Å². The fourth-order valence-corrected chi connectivity index (χ4v) is 3.91. The number of hydrogen-bond acceptors (Lipinski definition) is 3. The topological polar surface area (TPSA) is 58.6 Å². The second-order valence-corrected chi connectivity index (χ2v) is 9.12. The largest absolute Gasteiger partial charge is 0.483 e. The van der Waals surface area contributed by atoms with Crippen molar-refractivity contribution in [3.8, 4) is 5.75 Å². The van der Waals surface area contributed by atoms with Crippen molar-refractivity contribution in [1.82, 2.24) is 10.2 Å². The van der Waals surface area contributed by atoms with Gasteiger partial charge in [-0.2, -0.15) is 0 Å². The zero-order valence-corrected chi connectivity index (χ0v) is 21.5. The number of halogens is 1. The first-order valence-corrected chi connectivity index (χ1v) is 12.4. The van der Waals surface area contributed by atoms with Gasteiger partial charge in [-0.05, 0) is 56.0 Å². The monoisotopic (exact) mass is 490 g/mol. The second kappa shape index (κ2) is 12.9. The molecule has 190 valence electrons. The molecule has 1 N–H and O–H groups in total. The number of nitrogens with one attached hydrogen (secondary N) is 1. The number of benzene rings is 3. The molecule has 0 aliphatic heterocycles. The van der Waals surface area contributed by atoms with Crippen LogP contribution in [0.15, 0.2) is 72.8 Å². The van der Waals surface area contributed by atoms with Gasteiger partial charge in [0.1, 0.15) is 17.6 Å². The van der Waals surface area contributed by atoms with E-state index < -0.39 is 11.9 Å². The standard InChI is InChI=1S/C30H35FN2O3/c1-5-22(3)32-30(35)27(18-24-13-7-6-8-14-24)33(19-25-15-9-10-16-26(25)31)29(34)20-36-28-17-11-12-21(2)23(28)4/h6-17,22,27H,5,18-20H2,1-4H3,(H,32,35)/t22-,27+/m0/s1. The van der Waals surface area contributed by atoms with E-state index in [1.165, 1.54) is 11.0 Å². The molecule has 0 saturated heterocycles. The van der Waals surface area contributed by atoms with E-state index >= 15 is 0 Å². The lowest BCUT2D eigenvalue weighted by Gasteiger charge is -2.32. The Morgan fingerprint density at radius 2 is 1.67 bits per heavy atom. The van der Waals surface area contributed by atoms with E-state index in [0.717, 1.165) is 23.1 Å². The van der Waals surface area contributed by atoms with E-state index in [1.807, 2.05) is 76.2 Å². The molecule has 0 saturated carbocycles. The van der Waals surface area contributed by atoms with E-state index in [2.05, 4.69) is 5.32 Å². The van der Waals surface area contributed by atoms with Crippen LogP contribution in [0.25, 0.3) is 0 Å². The molecule has 0 aliphatic carbocycles. The molecule has 0 bridgehead atoms. The van der Waals surface area contributed by atoms with Gasteiger partial charge >= 0.3 is 0 Å². The van der Waals surface area contributed by atoms with Gasteiger partial charge in [-0.1, -0.05) is 67.6 Å². The summed E-state index contributed by atoms with van der Waals surface area (Å²) in [5.41, 5.74) is 3.25. The zero-order valence-electron chi connectivity index (χ0n) is 21.5. The Hall–Kier alpha value is -3.67. The molecule has 6 heteroatoms. The van der Waals surface area contributed by atoms with Crippen molar-refractivity contribution in [1.29, 1.82) is 0 Å². The number of carbonyl (C=O) groups excluding carboxylic acids is 2. The smallest absolute Gasteiger partial charge is 0.261 e. The molecule has 36 heavy (non-hydrogen) atoms. The maximum atomic E-state index is 14.6. The molecule has 3 aromatic rings. The minimum absolute atomic E-state index is 0.0485. The van der Waals surface area contributed by atoms with Gasteiger partial charge in [0, 0.05) is 24.6 Å². The zero-order chi connectivity index (χ0) is 26.1. The molecular weight excluding hydrogens is 455 g/mol. The van der Waals surface area contributed by atoms with Gasteiger partial charge in [-0.25, -0.2) is 4.39 Å². The molecule has 0 heterocycles. The number of carbonyl (C=O) groups is 2. The molecular formula is C30H35FN2O3. The first-order valence-electron chi connectivity index (χ1n) is 12.4. The van der Waals surface area contributed by atoms with Crippen LogP contribution in [-0.4, -0.2) is 35.4 Å². The highest BCUT2D eigenvalue weighted by Crippen LogP contribution is 2.22. The lowest BCUT2D eigenvalue weighted by Crippen LogP contribution is -2.53. The van der Waals surface area contributed by atoms with Gasteiger partial charge in [0.25, 0.3) is 5.91 Å². The number of hydrogen-bond donors (Lipinski definition) is 1. The number of rotatable bonds is 11. The lowest BCUT2D eigenvalue weighted by molar-refractivity contribution is -0.143. The Kier molecular flexibility index (Phi) is 9.62. The summed E-state index contributed by atoms with van der Waals surface area (Å²) in [7, 11) is 0. The highest BCUT2D eigenvalue weighted by atomic mass is 19.1. The minimum atomic E-state index is -0.837. The van der Waals surface area contributed by atoms with Crippen LogP contribution >= 0.6 is 0 Å².